The summed E-state index contributed by atoms with van der Waals surface area (Å²) in [6, 6.07) is 0. The van der Waals surface area contributed by atoms with Crippen molar-refractivity contribution in [2.45, 2.75) is 0 Å². The SMILES string of the molecule is N=c1cnn(N2CCOCC2)o1. The minimum Gasteiger partial charge on any atom is -0.378 e. The van der Waals surface area contributed by atoms with E-state index in [2.05, 4.69) is 5.10 Å². The average molecular weight is 170 g/mol. The first-order chi connectivity index (χ1) is 5.86. The second kappa shape index (κ2) is 2.98. The van der Waals surface area contributed by atoms with Crippen molar-refractivity contribution in [1.29, 1.82) is 5.41 Å². The summed E-state index contributed by atoms with van der Waals surface area (Å²) >= 11 is 0. The molecular weight excluding hydrogens is 160 g/mol. The van der Waals surface area contributed by atoms with Gasteiger partial charge >= 0.3 is 0 Å². The molecule has 1 aromatic heterocycles. The van der Waals surface area contributed by atoms with Crippen molar-refractivity contribution in [2.75, 3.05) is 31.3 Å². The summed E-state index contributed by atoms with van der Waals surface area (Å²) in [4.78, 5) is 1.34. The molecule has 0 aliphatic carbocycles. The first kappa shape index (κ1) is 7.35. The van der Waals surface area contributed by atoms with Gasteiger partial charge in [0.15, 0.2) is 0 Å². The summed E-state index contributed by atoms with van der Waals surface area (Å²) in [6.07, 6.45) is 1.37. The molecule has 2 rings (SSSR count). The Morgan fingerprint density at radius 2 is 2.17 bits per heavy atom. The fourth-order valence-electron chi connectivity index (χ4n) is 1.09. The van der Waals surface area contributed by atoms with Gasteiger partial charge < -0.3 is 9.26 Å². The molecule has 66 valence electrons. The topological polar surface area (TPSA) is 67.3 Å². The summed E-state index contributed by atoms with van der Waals surface area (Å²) in [5.74, 6) is 0. The molecule has 1 aliphatic heterocycles. The fraction of sp³-hybridized carbons (Fsp3) is 0.667. The Kier molecular flexibility index (Phi) is 1.83. The van der Waals surface area contributed by atoms with E-state index in [0.29, 0.717) is 13.2 Å². The minimum atomic E-state index is 0.0708. The van der Waals surface area contributed by atoms with Crippen LogP contribution in [0.5, 0.6) is 0 Å². The molecule has 1 aromatic rings. The lowest BCUT2D eigenvalue weighted by Crippen LogP contribution is -2.44. The Bertz CT molecular complexity index is 298. The lowest BCUT2D eigenvalue weighted by atomic mass is 10.5. The van der Waals surface area contributed by atoms with Crippen LogP contribution < -0.4 is 10.6 Å². The predicted molar refractivity (Wildman–Crippen MR) is 39.1 cm³/mol. The largest absolute Gasteiger partial charge is 0.378 e. The molecule has 0 radical (unpaired) electrons. The van der Waals surface area contributed by atoms with Crippen molar-refractivity contribution < 1.29 is 9.26 Å². The number of rotatable bonds is 1. The molecule has 0 atom stereocenters. The smallest absolute Gasteiger partial charge is 0.263 e. The highest BCUT2D eigenvalue weighted by Gasteiger charge is 2.12. The van der Waals surface area contributed by atoms with Crippen LogP contribution in [0.3, 0.4) is 0 Å². The van der Waals surface area contributed by atoms with Crippen LogP contribution >= 0.6 is 0 Å². The van der Waals surface area contributed by atoms with Crippen LogP contribution in [0.4, 0.5) is 0 Å². The lowest BCUT2D eigenvalue weighted by molar-refractivity contribution is 0.0813. The van der Waals surface area contributed by atoms with Gasteiger partial charge in [0.05, 0.1) is 26.3 Å². The third kappa shape index (κ3) is 1.33. The standard InChI is InChI=1S/C6H10N4O2/c7-6-5-8-10(12-6)9-1-3-11-4-2-9/h5,7H,1-4H2. The van der Waals surface area contributed by atoms with Crippen LogP contribution in [-0.2, 0) is 4.74 Å². The molecule has 0 aromatic carbocycles. The zero-order chi connectivity index (χ0) is 8.39. The lowest BCUT2D eigenvalue weighted by Gasteiger charge is -2.25. The zero-order valence-corrected chi connectivity index (χ0v) is 6.56. The average Bonchev–Trinajstić information content (AvgIpc) is 2.54. The first-order valence-electron chi connectivity index (χ1n) is 3.79. The Balaban J connectivity index is 2.13. The first-order valence-corrected chi connectivity index (χ1v) is 3.79. The van der Waals surface area contributed by atoms with Crippen molar-refractivity contribution in [1.82, 2.24) is 10.1 Å². The number of aromatic nitrogens is 2. The normalized spacial score (nSPS) is 18.2. The number of hydrogen-bond acceptors (Lipinski definition) is 5. The summed E-state index contributed by atoms with van der Waals surface area (Å²) < 4.78 is 10.1. The van der Waals surface area contributed by atoms with Crippen LogP contribution in [-0.4, -0.2) is 36.4 Å². The zero-order valence-electron chi connectivity index (χ0n) is 6.56. The Hall–Kier alpha value is -1.30. The van der Waals surface area contributed by atoms with Crippen molar-refractivity contribution in [3.63, 3.8) is 0 Å². The van der Waals surface area contributed by atoms with Crippen LogP contribution in [0.2, 0.25) is 0 Å². The maximum absolute atomic E-state index is 7.13. The fourth-order valence-corrected chi connectivity index (χ4v) is 1.09. The van der Waals surface area contributed by atoms with E-state index < -0.39 is 0 Å². The van der Waals surface area contributed by atoms with Crippen molar-refractivity contribution in [3.8, 4) is 0 Å². The maximum atomic E-state index is 7.13. The van der Waals surface area contributed by atoms with Gasteiger partial charge in [-0.2, -0.15) is 0 Å². The highest BCUT2D eigenvalue weighted by molar-refractivity contribution is 4.80. The van der Waals surface area contributed by atoms with Gasteiger partial charge in [-0.1, -0.05) is 0 Å². The van der Waals surface area contributed by atoms with Crippen LogP contribution in [0, 0.1) is 5.41 Å². The molecule has 0 unspecified atom stereocenters. The minimum absolute atomic E-state index is 0.0708. The Labute approximate surface area is 68.8 Å². The molecule has 1 fully saturated rings. The predicted octanol–water partition coefficient (Wildman–Crippen LogP) is -1.08. The highest BCUT2D eigenvalue weighted by Crippen LogP contribution is 1.93. The second-order valence-electron chi connectivity index (χ2n) is 2.52. The summed E-state index contributed by atoms with van der Waals surface area (Å²) in [7, 11) is 0. The van der Waals surface area contributed by atoms with E-state index in [0.717, 1.165) is 13.1 Å². The quantitative estimate of drug-likeness (QED) is 0.582. The van der Waals surface area contributed by atoms with E-state index in [9.17, 15) is 0 Å². The number of morpholine rings is 1. The van der Waals surface area contributed by atoms with Gasteiger partial charge in [-0.15, -0.1) is 5.10 Å². The van der Waals surface area contributed by atoms with Gasteiger partial charge in [-0.3, -0.25) is 10.4 Å². The molecule has 6 nitrogen and oxygen atoms in total. The van der Waals surface area contributed by atoms with Crippen molar-refractivity contribution in [2.24, 2.45) is 0 Å². The number of nitrogens with zero attached hydrogens (tertiary/aromatic N) is 3. The molecule has 0 saturated carbocycles. The second-order valence-corrected chi connectivity index (χ2v) is 2.52. The van der Waals surface area contributed by atoms with Gasteiger partial charge in [-0.05, 0) is 4.96 Å². The van der Waals surface area contributed by atoms with Crippen molar-refractivity contribution >= 4 is 0 Å². The van der Waals surface area contributed by atoms with E-state index in [1.165, 1.54) is 11.2 Å². The molecule has 0 amide bonds. The number of nitrogens with one attached hydrogen (secondary N) is 1. The number of hydrogen-bond donors (Lipinski definition) is 1. The molecule has 0 spiro atoms. The van der Waals surface area contributed by atoms with Crippen LogP contribution in [0.1, 0.15) is 0 Å². The Morgan fingerprint density at radius 1 is 1.42 bits per heavy atom. The van der Waals surface area contributed by atoms with Crippen LogP contribution in [0.25, 0.3) is 0 Å². The van der Waals surface area contributed by atoms with E-state index in [1.807, 2.05) is 5.01 Å². The molecular formula is C6H10N4O2. The monoisotopic (exact) mass is 170 g/mol. The molecule has 1 N–H and O–H groups in total. The molecule has 0 bridgehead atoms. The summed E-state index contributed by atoms with van der Waals surface area (Å²) in [5, 5.41) is 12.9. The molecule has 2 heterocycles. The third-order valence-corrected chi connectivity index (χ3v) is 1.68. The molecule has 12 heavy (non-hydrogen) atoms. The van der Waals surface area contributed by atoms with Gasteiger partial charge in [0.2, 0.25) is 0 Å². The van der Waals surface area contributed by atoms with Gasteiger partial charge in [0, 0.05) is 0 Å². The molecule has 1 aliphatic rings. The van der Waals surface area contributed by atoms with E-state index in [1.54, 1.807) is 0 Å². The molecule has 6 heteroatoms. The van der Waals surface area contributed by atoms with Gasteiger partial charge in [0.25, 0.3) is 5.55 Å². The van der Waals surface area contributed by atoms with Gasteiger partial charge in [0.1, 0.15) is 6.20 Å². The third-order valence-electron chi connectivity index (χ3n) is 1.68. The van der Waals surface area contributed by atoms with Gasteiger partial charge in [-0.25, -0.2) is 0 Å². The van der Waals surface area contributed by atoms with E-state index >= 15 is 0 Å². The van der Waals surface area contributed by atoms with E-state index in [-0.39, 0.29) is 5.55 Å². The Morgan fingerprint density at radius 3 is 2.75 bits per heavy atom. The van der Waals surface area contributed by atoms with Crippen molar-refractivity contribution in [3.05, 3.63) is 11.8 Å². The highest BCUT2D eigenvalue weighted by atomic mass is 16.6. The van der Waals surface area contributed by atoms with Crippen LogP contribution in [0.15, 0.2) is 10.7 Å². The summed E-state index contributed by atoms with van der Waals surface area (Å²) in [5.41, 5.74) is 0.0708. The van der Waals surface area contributed by atoms with E-state index in [4.69, 9.17) is 14.7 Å². The maximum Gasteiger partial charge on any atom is 0.263 e. The summed E-state index contributed by atoms with van der Waals surface area (Å²) in [6.45, 7) is 2.88. The molecule has 1 saturated heterocycles. The number of ether oxygens (including phenoxy) is 1.